The average Bonchev–Trinajstić information content (AvgIpc) is 3.00. The summed E-state index contributed by atoms with van der Waals surface area (Å²) in [6, 6.07) is 17.9. The number of fused-ring (bicyclic) bond motifs is 1. The zero-order valence-corrected chi connectivity index (χ0v) is 17.3. The van der Waals surface area contributed by atoms with E-state index in [4.69, 9.17) is 9.72 Å². The van der Waals surface area contributed by atoms with Crippen LogP contribution in [-0.2, 0) is 11.3 Å². The van der Waals surface area contributed by atoms with E-state index in [0.717, 1.165) is 22.6 Å². The quantitative estimate of drug-likeness (QED) is 0.591. The fourth-order valence-electron chi connectivity index (χ4n) is 3.72. The maximum atomic E-state index is 13.1. The molecule has 0 aliphatic rings. The second kappa shape index (κ2) is 8.46. The summed E-state index contributed by atoms with van der Waals surface area (Å²) in [4.78, 5) is 19.8. The third-order valence-corrected chi connectivity index (χ3v) is 4.80. The Labute approximate surface area is 166 Å². The van der Waals surface area contributed by atoms with Gasteiger partial charge in [0, 0.05) is 12.1 Å². The summed E-state index contributed by atoms with van der Waals surface area (Å²) < 4.78 is 8.09. The van der Waals surface area contributed by atoms with Crippen molar-refractivity contribution >= 4 is 16.9 Å². The van der Waals surface area contributed by atoms with E-state index in [2.05, 4.69) is 0 Å². The van der Waals surface area contributed by atoms with E-state index in [-0.39, 0.29) is 30.6 Å². The molecule has 0 fully saturated rings. The Morgan fingerprint density at radius 2 is 1.57 bits per heavy atom. The molecule has 1 atom stereocenters. The van der Waals surface area contributed by atoms with Crippen molar-refractivity contribution in [1.82, 2.24) is 14.5 Å². The number of carbonyl (C=O) groups excluding carboxylic acids is 1. The second-order valence-corrected chi connectivity index (χ2v) is 7.61. The second-order valence-electron chi connectivity index (χ2n) is 7.61. The van der Waals surface area contributed by atoms with Crippen molar-refractivity contribution < 1.29 is 9.53 Å². The number of hydrogen-bond acceptors (Lipinski definition) is 3. The van der Waals surface area contributed by atoms with E-state index in [1.165, 1.54) is 0 Å². The Morgan fingerprint density at radius 1 is 0.964 bits per heavy atom. The molecule has 1 aromatic heterocycles. The van der Waals surface area contributed by atoms with E-state index in [9.17, 15) is 4.79 Å². The Kier molecular flexibility index (Phi) is 6.02. The highest BCUT2D eigenvalue weighted by Crippen LogP contribution is 2.25. The van der Waals surface area contributed by atoms with Crippen LogP contribution < -0.4 is 4.74 Å². The van der Waals surface area contributed by atoms with Crippen LogP contribution in [0, 0.1) is 0 Å². The van der Waals surface area contributed by atoms with Gasteiger partial charge in [0.25, 0.3) is 0 Å². The smallest absolute Gasteiger partial charge is 0.243 e. The third-order valence-electron chi connectivity index (χ3n) is 4.80. The maximum absolute atomic E-state index is 13.1. The van der Waals surface area contributed by atoms with Crippen LogP contribution in [0.3, 0.4) is 0 Å². The van der Waals surface area contributed by atoms with Crippen molar-refractivity contribution in [3.8, 4) is 5.75 Å². The van der Waals surface area contributed by atoms with Gasteiger partial charge in [0.05, 0.1) is 11.0 Å². The number of rotatable bonds is 7. The summed E-state index contributed by atoms with van der Waals surface area (Å²) in [5.41, 5.74) is 1.82. The summed E-state index contributed by atoms with van der Waals surface area (Å²) in [6.45, 7) is 10.4. The maximum Gasteiger partial charge on any atom is 0.243 e. The largest absolute Gasteiger partial charge is 0.483 e. The molecule has 148 valence electrons. The first-order chi connectivity index (χ1) is 13.4. The van der Waals surface area contributed by atoms with Gasteiger partial charge in [-0.2, -0.15) is 0 Å². The summed E-state index contributed by atoms with van der Waals surface area (Å²) in [7, 11) is 0. The molecule has 0 aliphatic carbocycles. The van der Waals surface area contributed by atoms with E-state index in [1.807, 2.05) is 98.7 Å². The predicted molar refractivity (Wildman–Crippen MR) is 112 cm³/mol. The van der Waals surface area contributed by atoms with Crippen LogP contribution in [0.2, 0.25) is 0 Å². The van der Waals surface area contributed by atoms with Crippen molar-refractivity contribution in [2.45, 2.75) is 59.4 Å². The summed E-state index contributed by atoms with van der Waals surface area (Å²) >= 11 is 0. The lowest BCUT2D eigenvalue weighted by molar-refractivity contribution is -0.135. The minimum Gasteiger partial charge on any atom is -0.483 e. The number of nitrogens with zero attached hydrogens (tertiary/aromatic N) is 3. The molecule has 2 aromatic carbocycles. The molecule has 0 N–H and O–H groups in total. The number of ether oxygens (including phenoxy) is 1. The van der Waals surface area contributed by atoms with Crippen LogP contribution in [-0.4, -0.2) is 32.4 Å². The van der Waals surface area contributed by atoms with Gasteiger partial charge >= 0.3 is 0 Å². The molecule has 0 saturated carbocycles. The van der Waals surface area contributed by atoms with Crippen molar-refractivity contribution in [2.75, 3.05) is 0 Å². The summed E-state index contributed by atoms with van der Waals surface area (Å²) in [5, 5.41) is 0. The Morgan fingerprint density at radius 3 is 2.21 bits per heavy atom. The monoisotopic (exact) mass is 379 g/mol. The van der Waals surface area contributed by atoms with Crippen LogP contribution in [0.5, 0.6) is 5.75 Å². The number of imidazole rings is 1. The minimum atomic E-state index is -0.283. The Bertz CT molecular complexity index is 923. The van der Waals surface area contributed by atoms with E-state index in [0.29, 0.717) is 0 Å². The molecule has 5 heteroatoms. The van der Waals surface area contributed by atoms with Crippen molar-refractivity contribution in [3.05, 3.63) is 60.4 Å². The lowest BCUT2D eigenvalue weighted by Gasteiger charge is -2.31. The van der Waals surface area contributed by atoms with Crippen molar-refractivity contribution in [3.63, 3.8) is 0 Å². The molecular weight excluding hydrogens is 350 g/mol. The molecular formula is C23H29N3O2. The molecule has 0 spiro atoms. The SMILES string of the molecule is CC(Oc1ccccc1)c1nc2ccccc2n1CC(=O)N(C(C)C)C(C)C. The van der Waals surface area contributed by atoms with Gasteiger partial charge in [0.1, 0.15) is 12.3 Å². The van der Waals surface area contributed by atoms with Crippen LogP contribution in [0.15, 0.2) is 54.6 Å². The van der Waals surface area contributed by atoms with Gasteiger partial charge in [-0.3, -0.25) is 4.79 Å². The number of carbonyl (C=O) groups is 1. The van der Waals surface area contributed by atoms with Crippen LogP contribution in [0.25, 0.3) is 11.0 Å². The molecule has 3 rings (SSSR count). The molecule has 3 aromatic rings. The molecule has 1 unspecified atom stereocenters. The Hall–Kier alpha value is -2.82. The molecule has 0 radical (unpaired) electrons. The molecule has 1 heterocycles. The minimum absolute atomic E-state index is 0.0846. The topological polar surface area (TPSA) is 47.4 Å². The van der Waals surface area contributed by atoms with Crippen molar-refractivity contribution in [2.24, 2.45) is 0 Å². The number of amides is 1. The summed E-state index contributed by atoms with van der Waals surface area (Å²) in [5.74, 6) is 1.62. The number of aromatic nitrogens is 2. The lowest BCUT2D eigenvalue weighted by atomic mass is 10.2. The van der Waals surface area contributed by atoms with E-state index < -0.39 is 0 Å². The Balaban J connectivity index is 1.96. The number of benzene rings is 2. The first-order valence-electron chi connectivity index (χ1n) is 9.86. The van der Waals surface area contributed by atoms with E-state index in [1.54, 1.807) is 0 Å². The fraction of sp³-hybridized carbons (Fsp3) is 0.391. The average molecular weight is 380 g/mol. The van der Waals surface area contributed by atoms with Crippen molar-refractivity contribution in [1.29, 1.82) is 0 Å². The van der Waals surface area contributed by atoms with Gasteiger partial charge in [-0.25, -0.2) is 4.98 Å². The highest BCUT2D eigenvalue weighted by Gasteiger charge is 2.24. The van der Waals surface area contributed by atoms with Crippen LogP contribution in [0.4, 0.5) is 0 Å². The first kappa shape index (κ1) is 19.9. The zero-order valence-electron chi connectivity index (χ0n) is 17.3. The lowest BCUT2D eigenvalue weighted by Crippen LogP contribution is -2.44. The molecule has 0 bridgehead atoms. The number of para-hydroxylation sites is 3. The first-order valence-corrected chi connectivity index (χ1v) is 9.86. The van der Waals surface area contributed by atoms with Gasteiger partial charge in [-0.15, -0.1) is 0 Å². The normalized spacial score (nSPS) is 12.5. The van der Waals surface area contributed by atoms with Gasteiger partial charge in [0.2, 0.25) is 5.91 Å². The van der Waals surface area contributed by atoms with Crippen LogP contribution >= 0.6 is 0 Å². The fourth-order valence-corrected chi connectivity index (χ4v) is 3.72. The number of hydrogen-bond donors (Lipinski definition) is 0. The molecule has 5 nitrogen and oxygen atoms in total. The van der Waals surface area contributed by atoms with E-state index >= 15 is 0 Å². The molecule has 28 heavy (non-hydrogen) atoms. The van der Waals surface area contributed by atoms with Gasteiger partial charge in [-0.05, 0) is 58.9 Å². The van der Waals surface area contributed by atoms with Gasteiger partial charge < -0.3 is 14.2 Å². The standard InChI is InChI=1S/C23H29N3O2/c1-16(2)26(17(3)4)22(27)15-25-21-14-10-9-13-20(21)24-23(25)18(5)28-19-11-7-6-8-12-19/h6-14,16-18H,15H2,1-5H3. The highest BCUT2D eigenvalue weighted by molar-refractivity contribution is 5.81. The molecule has 0 aliphatic heterocycles. The zero-order chi connectivity index (χ0) is 20.3. The third kappa shape index (κ3) is 4.19. The summed E-state index contributed by atoms with van der Waals surface area (Å²) in [6.07, 6.45) is -0.283. The highest BCUT2D eigenvalue weighted by atomic mass is 16.5. The predicted octanol–water partition coefficient (Wildman–Crippen LogP) is 4.82. The van der Waals surface area contributed by atoms with Gasteiger partial charge in [0.15, 0.2) is 11.9 Å². The molecule has 1 amide bonds. The van der Waals surface area contributed by atoms with Crippen LogP contribution in [0.1, 0.15) is 46.5 Å². The van der Waals surface area contributed by atoms with Gasteiger partial charge in [-0.1, -0.05) is 30.3 Å². The molecule has 0 saturated heterocycles.